The summed E-state index contributed by atoms with van der Waals surface area (Å²) in [5.41, 5.74) is 1.58. The van der Waals surface area contributed by atoms with Gasteiger partial charge in [-0.3, -0.25) is 0 Å². The molecule has 0 aliphatic rings. The highest BCUT2D eigenvalue weighted by molar-refractivity contribution is 6.31. The fourth-order valence-electron chi connectivity index (χ4n) is 1.89. The molecule has 0 bridgehead atoms. The van der Waals surface area contributed by atoms with Gasteiger partial charge in [0.1, 0.15) is 5.82 Å². The molecule has 0 radical (unpaired) electrons. The van der Waals surface area contributed by atoms with Crippen molar-refractivity contribution < 1.29 is 14.3 Å². The Morgan fingerprint density at radius 3 is 2.73 bits per heavy atom. The number of nitrogens with one attached hydrogen (secondary N) is 2. The van der Waals surface area contributed by atoms with Crippen LogP contribution >= 0.6 is 11.6 Å². The Morgan fingerprint density at radius 2 is 2.05 bits per heavy atom. The minimum atomic E-state index is -1.12. The largest absolute Gasteiger partial charge is 0.386 e. The Hall–Kier alpha value is -2.11. The van der Waals surface area contributed by atoms with Crippen LogP contribution in [0.15, 0.2) is 42.5 Å². The number of benzene rings is 2. The molecule has 0 saturated carbocycles. The number of anilines is 1. The van der Waals surface area contributed by atoms with Crippen LogP contribution in [-0.4, -0.2) is 17.7 Å². The fraction of sp³-hybridized carbons (Fsp3) is 0.188. The first-order valence-electron chi connectivity index (χ1n) is 6.71. The summed E-state index contributed by atoms with van der Waals surface area (Å²) in [6, 6.07) is 10.5. The van der Waals surface area contributed by atoms with E-state index in [1.165, 1.54) is 18.2 Å². The second-order valence-corrected chi connectivity index (χ2v) is 5.24. The lowest BCUT2D eigenvalue weighted by Gasteiger charge is -2.14. The number of aliphatic hydroxyl groups is 1. The van der Waals surface area contributed by atoms with Crippen molar-refractivity contribution in [1.82, 2.24) is 5.32 Å². The average molecular weight is 323 g/mol. The first kappa shape index (κ1) is 16.3. The molecule has 0 aromatic heterocycles. The van der Waals surface area contributed by atoms with Gasteiger partial charge in [-0.15, -0.1) is 0 Å². The van der Waals surface area contributed by atoms with E-state index in [2.05, 4.69) is 10.6 Å². The van der Waals surface area contributed by atoms with Crippen molar-refractivity contribution in [3.8, 4) is 0 Å². The molecule has 0 saturated heterocycles. The maximum absolute atomic E-state index is 13.5. The summed E-state index contributed by atoms with van der Waals surface area (Å²) < 4.78 is 13.5. The zero-order chi connectivity index (χ0) is 16.1. The Labute approximate surface area is 132 Å². The highest BCUT2D eigenvalue weighted by Gasteiger charge is 2.13. The third-order valence-corrected chi connectivity index (χ3v) is 3.56. The zero-order valence-electron chi connectivity index (χ0n) is 11.9. The van der Waals surface area contributed by atoms with E-state index >= 15 is 0 Å². The number of aliphatic hydroxyl groups excluding tert-OH is 1. The van der Waals surface area contributed by atoms with Crippen molar-refractivity contribution in [2.75, 3.05) is 11.9 Å². The van der Waals surface area contributed by atoms with Crippen LogP contribution in [0.2, 0.25) is 5.02 Å². The summed E-state index contributed by atoms with van der Waals surface area (Å²) >= 11 is 5.97. The third-order valence-electron chi connectivity index (χ3n) is 3.15. The van der Waals surface area contributed by atoms with Crippen LogP contribution in [0.4, 0.5) is 14.9 Å². The van der Waals surface area contributed by atoms with Gasteiger partial charge >= 0.3 is 6.03 Å². The minimum Gasteiger partial charge on any atom is -0.386 e. The Bertz CT molecular complexity index is 679. The Balaban J connectivity index is 1.90. The maximum atomic E-state index is 13.5. The molecule has 6 heteroatoms. The first-order chi connectivity index (χ1) is 10.5. The molecule has 2 aromatic carbocycles. The lowest BCUT2D eigenvalue weighted by Crippen LogP contribution is -2.32. The Morgan fingerprint density at radius 1 is 1.32 bits per heavy atom. The normalized spacial score (nSPS) is 11.8. The number of hydrogen-bond donors (Lipinski definition) is 3. The smallest absolute Gasteiger partial charge is 0.319 e. The van der Waals surface area contributed by atoms with E-state index in [1.807, 2.05) is 6.92 Å². The van der Waals surface area contributed by atoms with Gasteiger partial charge in [-0.1, -0.05) is 35.9 Å². The van der Waals surface area contributed by atoms with Crippen LogP contribution in [0.1, 0.15) is 17.2 Å². The van der Waals surface area contributed by atoms with Gasteiger partial charge in [0.15, 0.2) is 0 Å². The van der Waals surface area contributed by atoms with Crippen LogP contribution in [-0.2, 0) is 0 Å². The van der Waals surface area contributed by atoms with Gasteiger partial charge in [-0.05, 0) is 30.7 Å². The first-order valence-corrected chi connectivity index (χ1v) is 7.08. The van der Waals surface area contributed by atoms with Crippen molar-refractivity contribution in [1.29, 1.82) is 0 Å². The van der Waals surface area contributed by atoms with E-state index in [4.69, 9.17) is 11.6 Å². The monoisotopic (exact) mass is 322 g/mol. The van der Waals surface area contributed by atoms with E-state index in [0.29, 0.717) is 10.7 Å². The summed E-state index contributed by atoms with van der Waals surface area (Å²) in [4.78, 5) is 11.8. The van der Waals surface area contributed by atoms with Crippen molar-refractivity contribution in [2.45, 2.75) is 13.0 Å². The molecule has 0 spiro atoms. The van der Waals surface area contributed by atoms with E-state index in [-0.39, 0.29) is 12.1 Å². The second-order valence-electron chi connectivity index (χ2n) is 4.84. The molecule has 116 valence electrons. The lowest BCUT2D eigenvalue weighted by molar-refractivity contribution is 0.170. The summed E-state index contributed by atoms with van der Waals surface area (Å²) in [5, 5.41) is 15.5. The van der Waals surface area contributed by atoms with Crippen LogP contribution in [0.25, 0.3) is 0 Å². The molecule has 2 aromatic rings. The standard InChI is InChI=1S/C16H16ClFN2O2/c1-10-6-7-11(8-13(10)17)20-16(22)19-9-15(21)12-4-2-3-5-14(12)18/h2-8,15,21H,9H2,1H3,(H2,19,20,22)/t15-/m0/s1. The SMILES string of the molecule is Cc1ccc(NC(=O)NC[C@H](O)c2ccccc2F)cc1Cl. The highest BCUT2D eigenvalue weighted by atomic mass is 35.5. The summed E-state index contributed by atoms with van der Waals surface area (Å²) in [6.45, 7) is 1.75. The predicted molar refractivity (Wildman–Crippen MR) is 84.6 cm³/mol. The molecule has 0 aliphatic carbocycles. The lowest BCUT2D eigenvalue weighted by atomic mass is 10.1. The van der Waals surface area contributed by atoms with Gasteiger partial charge in [0, 0.05) is 22.8 Å². The molecule has 0 heterocycles. The molecule has 0 aliphatic heterocycles. The number of carbonyl (C=O) groups excluding carboxylic acids is 1. The molecule has 22 heavy (non-hydrogen) atoms. The number of urea groups is 1. The van der Waals surface area contributed by atoms with E-state index in [1.54, 1.807) is 24.3 Å². The second kappa shape index (κ2) is 7.24. The van der Waals surface area contributed by atoms with Crippen molar-refractivity contribution >= 4 is 23.3 Å². The van der Waals surface area contributed by atoms with Crippen LogP contribution in [0, 0.1) is 12.7 Å². The molecular weight excluding hydrogens is 307 g/mol. The zero-order valence-corrected chi connectivity index (χ0v) is 12.7. The van der Waals surface area contributed by atoms with Gasteiger partial charge in [-0.2, -0.15) is 0 Å². The molecule has 1 atom stereocenters. The van der Waals surface area contributed by atoms with Crippen molar-refractivity contribution in [3.63, 3.8) is 0 Å². The van der Waals surface area contributed by atoms with Crippen LogP contribution in [0.3, 0.4) is 0 Å². The van der Waals surface area contributed by atoms with Crippen LogP contribution in [0.5, 0.6) is 0 Å². The predicted octanol–water partition coefficient (Wildman–Crippen LogP) is 3.64. The number of carbonyl (C=O) groups is 1. The molecule has 3 N–H and O–H groups in total. The molecular formula is C16H16ClFN2O2. The van der Waals surface area contributed by atoms with Gasteiger partial charge in [-0.25, -0.2) is 9.18 Å². The summed E-state index contributed by atoms with van der Waals surface area (Å²) in [5.74, 6) is -0.512. The molecule has 2 rings (SSSR count). The number of hydrogen-bond acceptors (Lipinski definition) is 2. The van der Waals surface area contributed by atoms with Gasteiger partial charge in [0.25, 0.3) is 0 Å². The number of halogens is 2. The number of amides is 2. The van der Waals surface area contributed by atoms with Crippen molar-refractivity contribution in [3.05, 3.63) is 64.4 Å². The fourth-order valence-corrected chi connectivity index (χ4v) is 2.07. The molecule has 0 fully saturated rings. The third kappa shape index (κ3) is 4.19. The Kier molecular flexibility index (Phi) is 5.35. The highest BCUT2D eigenvalue weighted by Crippen LogP contribution is 2.20. The molecule has 2 amide bonds. The van der Waals surface area contributed by atoms with E-state index in [9.17, 15) is 14.3 Å². The van der Waals surface area contributed by atoms with Gasteiger partial charge < -0.3 is 15.7 Å². The van der Waals surface area contributed by atoms with Crippen molar-refractivity contribution in [2.24, 2.45) is 0 Å². The summed E-state index contributed by atoms with van der Waals surface area (Å²) in [7, 11) is 0. The average Bonchev–Trinajstić information content (AvgIpc) is 2.49. The topological polar surface area (TPSA) is 61.4 Å². The van der Waals surface area contributed by atoms with Gasteiger partial charge in [0.05, 0.1) is 6.10 Å². The quantitative estimate of drug-likeness (QED) is 0.804. The molecule has 4 nitrogen and oxygen atoms in total. The number of aryl methyl sites for hydroxylation is 1. The maximum Gasteiger partial charge on any atom is 0.319 e. The number of rotatable bonds is 4. The molecule has 0 unspecified atom stereocenters. The van der Waals surface area contributed by atoms with Gasteiger partial charge in [0.2, 0.25) is 0 Å². The van der Waals surface area contributed by atoms with E-state index < -0.39 is 18.0 Å². The van der Waals surface area contributed by atoms with Crippen LogP contribution < -0.4 is 10.6 Å². The van der Waals surface area contributed by atoms with E-state index in [0.717, 1.165) is 5.56 Å². The minimum absolute atomic E-state index is 0.105. The summed E-state index contributed by atoms with van der Waals surface area (Å²) in [6.07, 6.45) is -1.12.